The van der Waals surface area contributed by atoms with Gasteiger partial charge < -0.3 is 14.7 Å². The van der Waals surface area contributed by atoms with Crippen LogP contribution in [0.25, 0.3) is 0 Å². The van der Waals surface area contributed by atoms with Crippen LogP contribution < -0.4 is 5.32 Å². The summed E-state index contributed by atoms with van der Waals surface area (Å²) in [5.41, 5.74) is 0.386. The smallest absolute Gasteiger partial charge is 0.273 e. The number of amides is 1. The highest BCUT2D eigenvalue weighted by Crippen LogP contribution is 2.16. The van der Waals surface area contributed by atoms with Gasteiger partial charge in [-0.3, -0.25) is 4.79 Å². The van der Waals surface area contributed by atoms with E-state index >= 15 is 0 Å². The normalized spacial score (nSPS) is 11.9. The Morgan fingerprint density at radius 3 is 2.71 bits per heavy atom. The van der Waals surface area contributed by atoms with Gasteiger partial charge in [-0.15, -0.1) is 0 Å². The maximum absolute atomic E-state index is 12.0. The molecule has 0 unspecified atom stereocenters. The Kier molecular flexibility index (Phi) is 6.89. The van der Waals surface area contributed by atoms with E-state index in [1.54, 1.807) is 6.07 Å². The number of hydrogen-bond acceptors (Lipinski definition) is 4. The lowest BCUT2D eigenvalue weighted by Gasteiger charge is -2.30. The zero-order valence-corrected chi connectivity index (χ0v) is 14.0. The van der Waals surface area contributed by atoms with Crippen LogP contribution in [0.3, 0.4) is 0 Å². The molecule has 1 aromatic rings. The van der Waals surface area contributed by atoms with Gasteiger partial charge in [-0.25, -0.2) is 0 Å². The largest absolute Gasteiger partial charge is 0.361 e. The van der Waals surface area contributed by atoms with Crippen molar-refractivity contribution in [2.24, 2.45) is 5.41 Å². The SMILES string of the molecule is CCCCN(C)CC(C)(C)CNC(=O)c1cc(CC)on1. The zero-order valence-electron chi connectivity index (χ0n) is 14.0. The molecule has 1 N–H and O–H groups in total. The molecule has 0 spiro atoms. The van der Waals surface area contributed by atoms with Gasteiger partial charge in [0.25, 0.3) is 5.91 Å². The van der Waals surface area contributed by atoms with Crippen LogP contribution in [-0.2, 0) is 6.42 Å². The third-order valence-corrected chi connectivity index (χ3v) is 3.46. The van der Waals surface area contributed by atoms with E-state index in [1.807, 2.05) is 6.92 Å². The Morgan fingerprint density at radius 1 is 1.43 bits per heavy atom. The molecule has 0 radical (unpaired) electrons. The molecule has 0 saturated carbocycles. The Hall–Kier alpha value is -1.36. The first-order valence-electron chi connectivity index (χ1n) is 7.80. The number of nitrogens with zero attached hydrogens (tertiary/aromatic N) is 2. The molecular weight excluding hydrogens is 266 g/mol. The number of carbonyl (C=O) groups excluding carboxylic acids is 1. The minimum atomic E-state index is -0.164. The lowest BCUT2D eigenvalue weighted by Crippen LogP contribution is -2.41. The molecule has 1 heterocycles. The van der Waals surface area contributed by atoms with Gasteiger partial charge in [-0.1, -0.05) is 39.3 Å². The molecule has 5 heteroatoms. The zero-order chi connectivity index (χ0) is 15.9. The maximum atomic E-state index is 12.0. The third-order valence-electron chi connectivity index (χ3n) is 3.46. The summed E-state index contributed by atoms with van der Waals surface area (Å²) in [6.07, 6.45) is 3.15. The van der Waals surface area contributed by atoms with Crippen molar-refractivity contribution in [3.63, 3.8) is 0 Å². The van der Waals surface area contributed by atoms with Crippen LogP contribution >= 0.6 is 0 Å². The summed E-state index contributed by atoms with van der Waals surface area (Å²) < 4.78 is 5.06. The van der Waals surface area contributed by atoms with Crippen molar-refractivity contribution < 1.29 is 9.32 Å². The Morgan fingerprint density at radius 2 is 2.14 bits per heavy atom. The maximum Gasteiger partial charge on any atom is 0.273 e. The van der Waals surface area contributed by atoms with E-state index in [2.05, 4.69) is 43.2 Å². The molecule has 0 bridgehead atoms. The van der Waals surface area contributed by atoms with E-state index in [1.165, 1.54) is 12.8 Å². The van der Waals surface area contributed by atoms with E-state index in [0.29, 0.717) is 12.2 Å². The van der Waals surface area contributed by atoms with Crippen LogP contribution in [0.15, 0.2) is 10.6 Å². The molecule has 1 amide bonds. The number of hydrogen-bond donors (Lipinski definition) is 1. The fourth-order valence-electron chi connectivity index (χ4n) is 2.29. The Bertz CT molecular complexity index is 440. The van der Waals surface area contributed by atoms with Crippen molar-refractivity contribution in [1.29, 1.82) is 0 Å². The molecule has 0 fully saturated rings. The molecule has 5 nitrogen and oxygen atoms in total. The van der Waals surface area contributed by atoms with Gasteiger partial charge in [0, 0.05) is 25.6 Å². The topological polar surface area (TPSA) is 58.4 Å². The molecule has 0 aliphatic heterocycles. The summed E-state index contributed by atoms with van der Waals surface area (Å²) in [5.74, 6) is 0.571. The molecule has 0 atom stereocenters. The highest BCUT2D eigenvalue weighted by atomic mass is 16.5. The van der Waals surface area contributed by atoms with Crippen LogP contribution in [0.2, 0.25) is 0 Å². The van der Waals surface area contributed by atoms with Gasteiger partial charge in [0.2, 0.25) is 0 Å². The first-order chi connectivity index (χ1) is 9.88. The van der Waals surface area contributed by atoms with Crippen LogP contribution in [0.1, 0.15) is 56.8 Å². The monoisotopic (exact) mass is 295 g/mol. The molecule has 1 rings (SSSR count). The fraction of sp³-hybridized carbons (Fsp3) is 0.750. The van der Waals surface area contributed by atoms with E-state index in [-0.39, 0.29) is 11.3 Å². The predicted octanol–water partition coefficient (Wildman–Crippen LogP) is 2.72. The average Bonchev–Trinajstić information content (AvgIpc) is 2.91. The first kappa shape index (κ1) is 17.7. The number of carbonyl (C=O) groups is 1. The number of aromatic nitrogens is 1. The third kappa shape index (κ3) is 6.29. The highest BCUT2D eigenvalue weighted by molar-refractivity contribution is 5.92. The van der Waals surface area contributed by atoms with Crippen molar-refractivity contribution in [2.45, 2.75) is 47.0 Å². The summed E-state index contributed by atoms with van der Waals surface area (Å²) in [4.78, 5) is 14.4. The van der Waals surface area contributed by atoms with Gasteiger partial charge in [0.15, 0.2) is 5.69 Å². The summed E-state index contributed by atoms with van der Waals surface area (Å²) in [5, 5.41) is 6.74. The second kappa shape index (κ2) is 8.17. The number of nitrogens with one attached hydrogen (secondary N) is 1. The van der Waals surface area contributed by atoms with Gasteiger partial charge >= 0.3 is 0 Å². The van der Waals surface area contributed by atoms with Crippen LogP contribution in [0, 0.1) is 5.41 Å². The van der Waals surface area contributed by atoms with E-state index in [9.17, 15) is 4.79 Å². The summed E-state index contributed by atoms with van der Waals surface area (Å²) >= 11 is 0. The molecule has 21 heavy (non-hydrogen) atoms. The van der Waals surface area contributed by atoms with Crippen molar-refractivity contribution in [3.05, 3.63) is 17.5 Å². The molecule has 0 aromatic carbocycles. The van der Waals surface area contributed by atoms with E-state index in [0.717, 1.165) is 25.3 Å². The van der Waals surface area contributed by atoms with Crippen molar-refractivity contribution in [2.75, 3.05) is 26.7 Å². The van der Waals surface area contributed by atoms with Crippen molar-refractivity contribution in [3.8, 4) is 0 Å². The first-order valence-corrected chi connectivity index (χ1v) is 7.80. The second-order valence-electron chi connectivity index (χ2n) is 6.47. The van der Waals surface area contributed by atoms with Crippen molar-refractivity contribution >= 4 is 5.91 Å². The number of unbranched alkanes of at least 4 members (excludes halogenated alkanes) is 1. The van der Waals surface area contributed by atoms with Gasteiger partial charge in [0.05, 0.1) is 0 Å². The Balaban J connectivity index is 2.42. The van der Waals surface area contributed by atoms with E-state index < -0.39 is 0 Å². The lowest BCUT2D eigenvalue weighted by atomic mass is 9.92. The van der Waals surface area contributed by atoms with Crippen LogP contribution in [0.5, 0.6) is 0 Å². The average molecular weight is 295 g/mol. The standard InChI is InChI=1S/C16H29N3O2/c1-6-8-9-19(5)12-16(3,4)11-17-15(20)14-10-13(7-2)21-18-14/h10H,6-9,11-12H2,1-5H3,(H,17,20). The quantitative estimate of drug-likeness (QED) is 0.761. The minimum Gasteiger partial charge on any atom is -0.361 e. The van der Waals surface area contributed by atoms with Crippen LogP contribution in [0.4, 0.5) is 0 Å². The molecule has 0 saturated heterocycles. The Labute approximate surface area is 128 Å². The molecular formula is C16H29N3O2. The van der Waals surface area contributed by atoms with Crippen molar-refractivity contribution in [1.82, 2.24) is 15.4 Å². The highest BCUT2D eigenvalue weighted by Gasteiger charge is 2.22. The summed E-state index contributed by atoms with van der Waals surface area (Å²) in [6, 6.07) is 1.70. The fourth-order valence-corrected chi connectivity index (χ4v) is 2.29. The molecule has 0 aliphatic carbocycles. The summed E-state index contributed by atoms with van der Waals surface area (Å²) in [6.45, 7) is 11.2. The van der Waals surface area contributed by atoms with Gasteiger partial charge in [-0.2, -0.15) is 0 Å². The molecule has 120 valence electrons. The molecule has 1 aromatic heterocycles. The predicted molar refractivity (Wildman–Crippen MR) is 84.4 cm³/mol. The number of rotatable bonds is 9. The van der Waals surface area contributed by atoms with Gasteiger partial charge in [-0.05, 0) is 25.4 Å². The number of aryl methyl sites for hydroxylation is 1. The second-order valence-corrected chi connectivity index (χ2v) is 6.47. The summed E-state index contributed by atoms with van der Waals surface area (Å²) in [7, 11) is 2.13. The minimum absolute atomic E-state index is 0.0233. The lowest BCUT2D eigenvalue weighted by molar-refractivity contribution is 0.0917. The van der Waals surface area contributed by atoms with Crippen LogP contribution in [-0.4, -0.2) is 42.6 Å². The van der Waals surface area contributed by atoms with Gasteiger partial charge in [0.1, 0.15) is 5.76 Å². The van der Waals surface area contributed by atoms with E-state index in [4.69, 9.17) is 4.52 Å². The molecule has 0 aliphatic rings.